The van der Waals surface area contributed by atoms with Crippen LogP contribution < -0.4 is 0 Å². The first-order valence-electron chi connectivity index (χ1n) is 9.46. The predicted octanol–water partition coefficient (Wildman–Crippen LogP) is 5.81. The third-order valence-electron chi connectivity index (χ3n) is 4.69. The molecule has 1 aliphatic heterocycles. The molecule has 1 aliphatic rings. The minimum absolute atomic E-state index is 0.140. The molecule has 0 spiro atoms. The number of ether oxygens (including phenoxy) is 1. The number of nitrogens with zero attached hydrogens (tertiary/aromatic N) is 2. The first-order chi connectivity index (χ1) is 14.9. The molecule has 3 rings (SSSR count). The smallest absolute Gasteiger partial charge is 0.278 e. The van der Waals surface area contributed by atoms with E-state index in [2.05, 4.69) is 5.10 Å². The fraction of sp³-hybridized carbons (Fsp3) is 0.217. The van der Waals surface area contributed by atoms with Gasteiger partial charge in [0.1, 0.15) is 28.7 Å². The van der Waals surface area contributed by atoms with Gasteiger partial charge in [-0.3, -0.25) is 4.79 Å². The van der Waals surface area contributed by atoms with E-state index < -0.39 is 29.6 Å². The quantitative estimate of drug-likeness (QED) is 0.416. The molecule has 0 fully saturated rings. The fourth-order valence-electron chi connectivity index (χ4n) is 3.00. The van der Waals surface area contributed by atoms with Crippen molar-refractivity contribution in [3.05, 3.63) is 94.3 Å². The van der Waals surface area contributed by atoms with E-state index in [9.17, 15) is 18.0 Å². The highest BCUT2D eigenvalue weighted by Gasteiger charge is 2.37. The van der Waals surface area contributed by atoms with Gasteiger partial charge in [-0.1, -0.05) is 30.0 Å². The molecule has 1 atom stereocenters. The average molecular weight is 446 g/mol. The second-order valence-electron chi connectivity index (χ2n) is 6.70. The van der Waals surface area contributed by atoms with Crippen molar-refractivity contribution in [2.45, 2.75) is 25.9 Å². The van der Waals surface area contributed by atoms with Crippen LogP contribution in [0.3, 0.4) is 0 Å². The second-order valence-corrected chi connectivity index (χ2v) is 7.76. The first-order valence-corrected chi connectivity index (χ1v) is 10.3. The van der Waals surface area contributed by atoms with Crippen molar-refractivity contribution in [3.63, 3.8) is 0 Å². The van der Waals surface area contributed by atoms with E-state index in [4.69, 9.17) is 4.74 Å². The molecule has 0 saturated heterocycles. The normalized spacial score (nSPS) is 17.0. The lowest BCUT2D eigenvalue weighted by molar-refractivity contribution is 0.0759. The standard InChI is InChI=1S/C23H21F3N2O2S/c1-4-5-18(14(2)30-3)23-28(22(29)19-11-6-15(13-24)12-20(19)26)27-21(31-23)16-7-9-17(25)10-8-16/h4-12,23H,13H2,1-3H3/b5-4-,18-14-. The number of alkyl halides is 1. The van der Waals surface area contributed by atoms with E-state index in [-0.39, 0.29) is 11.1 Å². The number of carbonyl (C=O) groups is 1. The zero-order valence-electron chi connectivity index (χ0n) is 17.2. The Morgan fingerprint density at radius 2 is 1.94 bits per heavy atom. The van der Waals surface area contributed by atoms with E-state index in [1.807, 2.05) is 6.92 Å². The summed E-state index contributed by atoms with van der Waals surface area (Å²) in [6.45, 7) is 2.75. The molecule has 1 heterocycles. The maximum atomic E-state index is 14.5. The summed E-state index contributed by atoms with van der Waals surface area (Å²) in [5.74, 6) is -1.33. The van der Waals surface area contributed by atoms with E-state index >= 15 is 0 Å². The van der Waals surface area contributed by atoms with Gasteiger partial charge in [-0.05, 0) is 55.8 Å². The summed E-state index contributed by atoms with van der Waals surface area (Å²) in [5, 5.41) is 5.44. The van der Waals surface area contributed by atoms with Crippen LogP contribution in [0, 0.1) is 11.6 Å². The van der Waals surface area contributed by atoms with E-state index in [0.29, 0.717) is 21.9 Å². The van der Waals surface area contributed by atoms with E-state index in [1.54, 1.807) is 31.2 Å². The summed E-state index contributed by atoms with van der Waals surface area (Å²) in [5.41, 5.74) is 1.21. The number of benzene rings is 2. The molecule has 0 N–H and O–H groups in total. The highest BCUT2D eigenvalue weighted by atomic mass is 32.2. The SMILES string of the molecule is C/C=C\C(=C(/C)OC)C1SC(c2ccc(F)cc2)=NN1C(=O)c1ccc(CF)cc1F. The van der Waals surface area contributed by atoms with Gasteiger partial charge < -0.3 is 4.74 Å². The molecule has 0 aliphatic carbocycles. The van der Waals surface area contributed by atoms with Crippen molar-refractivity contribution in [1.82, 2.24) is 5.01 Å². The largest absolute Gasteiger partial charge is 0.501 e. The van der Waals surface area contributed by atoms with Crippen LogP contribution in [0.1, 0.15) is 35.3 Å². The van der Waals surface area contributed by atoms with Gasteiger partial charge in [0.05, 0.1) is 18.4 Å². The summed E-state index contributed by atoms with van der Waals surface area (Å²) in [6.07, 6.45) is 3.59. The van der Waals surface area contributed by atoms with Crippen molar-refractivity contribution in [2.24, 2.45) is 5.10 Å². The van der Waals surface area contributed by atoms with Crippen LogP contribution in [0.15, 0.2) is 71.1 Å². The monoisotopic (exact) mass is 446 g/mol. The molecule has 2 aromatic rings. The minimum atomic E-state index is -0.832. The van der Waals surface area contributed by atoms with Crippen molar-refractivity contribution < 1.29 is 22.7 Å². The summed E-state index contributed by atoms with van der Waals surface area (Å²) >= 11 is 1.27. The van der Waals surface area contributed by atoms with Gasteiger partial charge in [-0.15, -0.1) is 0 Å². The van der Waals surface area contributed by atoms with E-state index in [0.717, 1.165) is 6.07 Å². The topological polar surface area (TPSA) is 41.9 Å². The van der Waals surface area contributed by atoms with Gasteiger partial charge in [-0.25, -0.2) is 18.2 Å². The van der Waals surface area contributed by atoms with Crippen molar-refractivity contribution in [3.8, 4) is 0 Å². The van der Waals surface area contributed by atoms with Gasteiger partial charge in [0.25, 0.3) is 5.91 Å². The number of methoxy groups -OCH3 is 1. The lowest BCUT2D eigenvalue weighted by Gasteiger charge is -2.23. The zero-order chi connectivity index (χ0) is 22.5. The van der Waals surface area contributed by atoms with Crippen LogP contribution in [0.5, 0.6) is 0 Å². The number of hydrogen-bond acceptors (Lipinski definition) is 4. The molecule has 0 bridgehead atoms. The summed E-state index contributed by atoms with van der Waals surface area (Å²) in [7, 11) is 1.52. The molecule has 2 aromatic carbocycles. The lowest BCUT2D eigenvalue weighted by atomic mass is 10.1. The van der Waals surface area contributed by atoms with Crippen LogP contribution >= 0.6 is 11.8 Å². The molecule has 4 nitrogen and oxygen atoms in total. The molecule has 0 aromatic heterocycles. The molecular formula is C23H21F3N2O2S. The maximum absolute atomic E-state index is 14.5. The van der Waals surface area contributed by atoms with Crippen LogP contribution in [0.25, 0.3) is 0 Å². The highest BCUT2D eigenvalue weighted by molar-refractivity contribution is 8.15. The number of hydrazone groups is 1. The number of carbonyl (C=O) groups excluding carboxylic acids is 1. The van der Waals surface area contributed by atoms with Gasteiger partial charge in [0.2, 0.25) is 0 Å². The third-order valence-corrected chi connectivity index (χ3v) is 5.90. The second kappa shape index (κ2) is 9.87. The molecule has 0 radical (unpaired) electrons. The molecule has 31 heavy (non-hydrogen) atoms. The number of amides is 1. The summed E-state index contributed by atoms with van der Waals surface area (Å²) in [4.78, 5) is 13.3. The van der Waals surface area contributed by atoms with Gasteiger partial charge in [0, 0.05) is 11.1 Å². The molecule has 8 heteroatoms. The zero-order valence-corrected chi connectivity index (χ0v) is 18.1. The van der Waals surface area contributed by atoms with Crippen LogP contribution in [-0.2, 0) is 11.4 Å². The van der Waals surface area contributed by atoms with Gasteiger partial charge >= 0.3 is 0 Å². The first kappa shape index (κ1) is 22.7. The predicted molar refractivity (Wildman–Crippen MR) is 116 cm³/mol. The van der Waals surface area contributed by atoms with E-state index in [1.165, 1.54) is 48.1 Å². The van der Waals surface area contributed by atoms with Crippen LogP contribution in [-0.4, -0.2) is 28.4 Å². The summed E-state index contributed by atoms with van der Waals surface area (Å²) < 4.78 is 46.1. The van der Waals surface area contributed by atoms with Crippen LogP contribution in [0.2, 0.25) is 0 Å². The number of thioether (sulfide) groups is 1. The Hall–Kier alpha value is -3.00. The maximum Gasteiger partial charge on any atom is 0.278 e. The molecule has 1 amide bonds. The lowest BCUT2D eigenvalue weighted by Crippen LogP contribution is -2.33. The van der Waals surface area contributed by atoms with Crippen molar-refractivity contribution in [1.29, 1.82) is 0 Å². The number of hydrogen-bond donors (Lipinski definition) is 0. The van der Waals surface area contributed by atoms with Crippen molar-refractivity contribution in [2.75, 3.05) is 7.11 Å². The number of halogens is 3. The van der Waals surface area contributed by atoms with Crippen LogP contribution in [0.4, 0.5) is 13.2 Å². The van der Waals surface area contributed by atoms with Crippen molar-refractivity contribution >= 4 is 22.7 Å². The number of rotatable bonds is 6. The Morgan fingerprint density at radius 3 is 2.52 bits per heavy atom. The molecule has 0 saturated carbocycles. The molecule has 1 unspecified atom stereocenters. The van der Waals surface area contributed by atoms with Gasteiger partial charge in [-0.2, -0.15) is 5.10 Å². The third kappa shape index (κ3) is 4.85. The Kier molecular flexibility index (Phi) is 7.22. The molecular weight excluding hydrogens is 425 g/mol. The fourth-order valence-corrected chi connectivity index (χ4v) is 4.24. The average Bonchev–Trinajstić information content (AvgIpc) is 3.21. The Morgan fingerprint density at radius 1 is 1.23 bits per heavy atom. The minimum Gasteiger partial charge on any atom is -0.501 e. The summed E-state index contributed by atoms with van der Waals surface area (Å²) in [6, 6.07) is 9.34. The van der Waals surface area contributed by atoms with Gasteiger partial charge in [0.15, 0.2) is 0 Å². The molecule has 162 valence electrons. The Balaban J connectivity index is 2.08. The number of allylic oxidation sites excluding steroid dienone is 2. The Bertz CT molecular complexity index is 1060. The highest BCUT2D eigenvalue weighted by Crippen LogP contribution is 2.37. The Labute approximate surface area is 183 Å².